The molecule has 2 aliphatic rings. The molecule has 34 heavy (non-hydrogen) atoms. The molecule has 2 atom stereocenters. The van der Waals surface area contributed by atoms with Crippen LogP contribution in [0.15, 0.2) is 78.4 Å². The number of para-hydroxylation sites is 1. The first-order valence-corrected chi connectivity index (χ1v) is 11.4. The highest BCUT2D eigenvalue weighted by molar-refractivity contribution is 6.51. The monoisotopic (exact) mass is 455 g/mol. The summed E-state index contributed by atoms with van der Waals surface area (Å²) in [5.41, 5.74) is 2.79. The number of amides is 1. The Balaban J connectivity index is 1.65. The van der Waals surface area contributed by atoms with Crippen LogP contribution in [0.3, 0.4) is 0 Å². The first kappa shape index (κ1) is 21.8. The first-order valence-electron chi connectivity index (χ1n) is 11.4. The van der Waals surface area contributed by atoms with Crippen LogP contribution in [0.1, 0.15) is 36.6 Å². The summed E-state index contributed by atoms with van der Waals surface area (Å²) < 4.78 is 11.3. The van der Waals surface area contributed by atoms with Crippen LogP contribution in [0.4, 0.5) is 5.69 Å². The number of aliphatic hydroxyl groups is 1. The number of Topliss-reactive ketones (excluding diaryl/α,β-unsaturated/α-hetero) is 1. The van der Waals surface area contributed by atoms with Gasteiger partial charge in [0, 0.05) is 17.7 Å². The van der Waals surface area contributed by atoms with Gasteiger partial charge >= 0.3 is 0 Å². The van der Waals surface area contributed by atoms with E-state index in [2.05, 4.69) is 0 Å². The Hall–Kier alpha value is -4.06. The molecular weight excluding hydrogens is 430 g/mol. The molecule has 1 saturated heterocycles. The fourth-order valence-electron chi connectivity index (χ4n) is 4.64. The van der Waals surface area contributed by atoms with Gasteiger partial charge in [-0.3, -0.25) is 14.5 Å². The third-order valence-corrected chi connectivity index (χ3v) is 6.16. The number of carbonyl (C=O) groups is 2. The molecule has 1 N–H and O–H groups in total. The second-order valence-corrected chi connectivity index (χ2v) is 8.46. The van der Waals surface area contributed by atoms with Crippen LogP contribution in [0.5, 0.6) is 11.5 Å². The molecule has 1 fully saturated rings. The zero-order chi connectivity index (χ0) is 23.8. The van der Waals surface area contributed by atoms with E-state index < -0.39 is 17.7 Å². The molecule has 6 nitrogen and oxygen atoms in total. The number of ketones is 1. The molecule has 3 aromatic rings. The van der Waals surface area contributed by atoms with Gasteiger partial charge in [-0.05, 0) is 67.4 Å². The van der Waals surface area contributed by atoms with Crippen molar-refractivity contribution < 1.29 is 24.2 Å². The highest BCUT2D eigenvalue weighted by Crippen LogP contribution is 2.43. The smallest absolute Gasteiger partial charge is 0.300 e. The Labute approximate surface area is 198 Å². The van der Waals surface area contributed by atoms with Gasteiger partial charge in [0.2, 0.25) is 0 Å². The lowest BCUT2D eigenvalue weighted by Crippen LogP contribution is -2.29. The van der Waals surface area contributed by atoms with Gasteiger partial charge in [-0.15, -0.1) is 0 Å². The van der Waals surface area contributed by atoms with E-state index in [4.69, 9.17) is 9.47 Å². The molecule has 0 radical (unpaired) electrons. The third-order valence-electron chi connectivity index (χ3n) is 6.16. The lowest BCUT2D eigenvalue weighted by Gasteiger charge is -2.25. The molecule has 6 heteroatoms. The van der Waals surface area contributed by atoms with E-state index >= 15 is 0 Å². The highest BCUT2D eigenvalue weighted by Gasteiger charge is 2.47. The number of carbonyl (C=O) groups excluding carboxylic acids is 2. The minimum Gasteiger partial charge on any atom is -0.507 e. The molecule has 0 bridgehead atoms. The maximum Gasteiger partial charge on any atom is 0.300 e. The summed E-state index contributed by atoms with van der Waals surface area (Å²) in [6.45, 7) is 4.42. The second-order valence-electron chi connectivity index (χ2n) is 8.46. The Bertz CT molecular complexity index is 1280. The van der Waals surface area contributed by atoms with E-state index in [9.17, 15) is 14.7 Å². The van der Waals surface area contributed by atoms with Crippen LogP contribution < -0.4 is 14.4 Å². The number of hydrogen-bond donors (Lipinski definition) is 1. The van der Waals surface area contributed by atoms with Gasteiger partial charge in [0.25, 0.3) is 11.7 Å². The van der Waals surface area contributed by atoms with E-state index in [1.54, 1.807) is 36.4 Å². The van der Waals surface area contributed by atoms with E-state index in [0.29, 0.717) is 29.2 Å². The van der Waals surface area contributed by atoms with Gasteiger partial charge in [0.05, 0.1) is 18.2 Å². The largest absolute Gasteiger partial charge is 0.507 e. The molecule has 2 heterocycles. The Morgan fingerprint density at radius 1 is 1.06 bits per heavy atom. The maximum absolute atomic E-state index is 13.3. The van der Waals surface area contributed by atoms with Gasteiger partial charge in [0.15, 0.2) is 0 Å². The summed E-state index contributed by atoms with van der Waals surface area (Å²) in [6, 6.07) is 20.9. The summed E-state index contributed by atoms with van der Waals surface area (Å²) in [5, 5.41) is 11.4. The van der Waals surface area contributed by atoms with Crippen molar-refractivity contribution in [3.8, 4) is 11.5 Å². The Kier molecular flexibility index (Phi) is 5.57. The number of ether oxygens (including phenoxy) is 2. The van der Waals surface area contributed by atoms with Crippen molar-refractivity contribution in [1.82, 2.24) is 0 Å². The zero-order valence-electron chi connectivity index (χ0n) is 19.0. The molecule has 3 aromatic carbocycles. The van der Waals surface area contributed by atoms with Crippen LogP contribution in [-0.2, 0) is 16.0 Å². The van der Waals surface area contributed by atoms with Gasteiger partial charge < -0.3 is 14.6 Å². The standard InChI is InChI=1S/C28H25NO5/c1-3-33-22-12-9-18(10-13-22)25-24(27(31)28(32)29(25)21-7-5-4-6-8-21)26(30)19-11-14-23-20(16-19)15-17(2)34-23/h4-14,16-17,25,30H,3,15H2,1-2H3/b26-24-. The summed E-state index contributed by atoms with van der Waals surface area (Å²) >= 11 is 0. The van der Waals surface area contributed by atoms with Gasteiger partial charge in [-0.2, -0.15) is 0 Å². The summed E-state index contributed by atoms with van der Waals surface area (Å²) in [4.78, 5) is 28.0. The van der Waals surface area contributed by atoms with Gasteiger partial charge in [-0.25, -0.2) is 0 Å². The van der Waals surface area contributed by atoms with Crippen molar-refractivity contribution in [2.24, 2.45) is 0 Å². The number of aliphatic hydroxyl groups excluding tert-OH is 1. The van der Waals surface area contributed by atoms with Crippen LogP contribution in [0, 0.1) is 0 Å². The zero-order valence-corrected chi connectivity index (χ0v) is 19.0. The molecule has 172 valence electrons. The number of rotatable bonds is 5. The molecule has 2 aliphatic heterocycles. The fourth-order valence-corrected chi connectivity index (χ4v) is 4.64. The third kappa shape index (κ3) is 3.71. The quantitative estimate of drug-likeness (QED) is 0.332. The van der Waals surface area contributed by atoms with Crippen molar-refractivity contribution in [1.29, 1.82) is 0 Å². The van der Waals surface area contributed by atoms with Crippen molar-refractivity contribution in [2.45, 2.75) is 32.4 Å². The number of nitrogens with zero attached hydrogens (tertiary/aromatic N) is 1. The second kappa shape index (κ2) is 8.71. The average molecular weight is 456 g/mol. The minimum atomic E-state index is -0.776. The number of fused-ring (bicyclic) bond motifs is 1. The molecule has 0 aromatic heterocycles. The SMILES string of the molecule is CCOc1ccc(C2/C(=C(/O)c3ccc4c(c3)CC(C)O4)C(=O)C(=O)N2c2ccccc2)cc1. The first-order chi connectivity index (χ1) is 16.5. The molecule has 0 aliphatic carbocycles. The number of benzene rings is 3. The predicted molar refractivity (Wildman–Crippen MR) is 129 cm³/mol. The molecule has 5 rings (SSSR count). The van der Waals surface area contributed by atoms with Crippen molar-refractivity contribution in [3.05, 3.63) is 95.1 Å². The average Bonchev–Trinajstić information content (AvgIpc) is 3.35. The van der Waals surface area contributed by atoms with E-state index in [1.165, 1.54) is 4.90 Å². The number of hydrogen-bond acceptors (Lipinski definition) is 5. The van der Waals surface area contributed by atoms with Crippen LogP contribution >= 0.6 is 0 Å². The lowest BCUT2D eigenvalue weighted by atomic mass is 9.94. The van der Waals surface area contributed by atoms with Crippen molar-refractivity contribution in [2.75, 3.05) is 11.5 Å². The summed E-state index contributed by atoms with van der Waals surface area (Å²) in [6.07, 6.45) is 0.775. The normalized spacial score (nSPS) is 20.8. The predicted octanol–water partition coefficient (Wildman–Crippen LogP) is 5.04. The van der Waals surface area contributed by atoms with Gasteiger partial charge in [0.1, 0.15) is 23.4 Å². The van der Waals surface area contributed by atoms with E-state index in [1.807, 2.05) is 50.2 Å². The molecular formula is C28H25NO5. The van der Waals surface area contributed by atoms with Crippen LogP contribution in [0.25, 0.3) is 5.76 Å². The summed E-state index contributed by atoms with van der Waals surface area (Å²) in [7, 11) is 0. The topological polar surface area (TPSA) is 76.1 Å². The lowest BCUT2D eigenvalue weighted by molar-refractivity contribution is -0.132. The molecule has 0 spiro atoms. The molecule has 1 amide bonds. The van der Waals surface area contributed by atoms with E-state index in [0.717, 1.165) is 17.7 Å². The van der Waals surface area contributed by atoms with Crippen molar-refractivity contribution >= 4 is 23.1 Å². The highest BCUT2D eigenvalue weighted by atomic mass is 16.5. The van der Waals surface area contributed by atoms with Crippen molar-refractivity contribution in [3.63, 3.8) is 0 Å². The molecule has 0 saturated carbocycles. The minimum absolute atomic E-state index is 0.0555. The van der Waals surface area contributed by atoms with Crippen LogP contribution in [0.2, 0.25) is 0 Å². The molecule has 2 unspecified atom stereocenters. The Morgan fingerprint density at radius 2 is 1.79 bits per heavy atom. The van der Waals surface area contributed by atoms with E-state index in [-0.39, 0.29) is 17.4 Å². The fraction of sp³-hybridized carbons (Fsp3) is 0.214. The maximum atomic E-state index is 13.3. The summed E-state index contributed by atoms with van der Waals surface area (Å²) in [5.74, 6) is -0.124. The Morgan fingerprint density at radius 3 is 2.50 bits per heavy atom. The van der Waals surface area contributed by atoms with Crippen LogP contribution in [-0.4, -0.2) is 29.5 Å². The van der Waals surface area contributed by atoms with Gasteiger partial charge in [-0.1, -0.05) is 30.3 Å². The number of anilines is 1.